The van der Waals surface area contributed by atoms with Crippen molar-refractivity contribution in [2.24, 2.45) is 0 Å². The number of aromatic nitrogens is 1. The first-order valence-electron chi connectivity index (χ1n) is 14.6. The Morgan fingerprint density at radius 3 is 2.56 bits per heavy atom. The zero-order chi connectivity index (χ0) is 29.9. The SMILES string of the molecule is O=C1CCN(N2Cc3cc(CN4CCC(N5CCC(c6noc7cc(F)ccc67)CC5)C(F)(F)C4)ccc3C2=O)C(=O)N1. The Labute approximate surface area is 245 Å². The summed E-state index contributed by atoms with van der Waals surface area (Å²) in [7, 11) is 0. The van der Waals surface area contributed by atoms with Crippen molar-refractivity contribution in [1.29, 1.82) is 0 Å². The number of alkyl halides is 2. The first-order chi connectivity index (χ1) is 20.7. The molecule has 1 N–H and O–H groups in total. The predicted molar refractivity (Wildman–Crippen MR) is 147 cm³/mol. The summed E-state index contributed by atoms with van der Waals surface area (Å²) in [4.78, 5) is 40.3. The fourth-order valence-corrected chi connectivity index (χ4v) is 6.99. The fourth-order valence-electron chi connectivity index (χ4n) is 6.99. The lowest BCUT2D eigenvalue weighted by atomic mass is 9.89. The van der Waals surface area contributed by atoms with Crippen LogP contribution in [0.5, 0.6) is 0 Å². The molecule has 2 aromatic carbocycles. The highest BCUT2D eigenvalue weighted by Gasteiger charge is 2.48. The van der Waals surface area contributed by atoms with Gasteiger partial charge in [-0.15, -0.1) is 0 Å². The van der Waals surface area contributed by atoms with E-state index in [1.807, 2.05) is 11.0 Å². The van der Waals surface area contributed by atoms with Crippen molar-refractivity contribution in [3.63, 3.8) is 0 Å². The van der Waals surface area contributed by atoms with Gasteiger partial charge in [0.15, 0.2) is 5.58 Å². The van der Waals surface area contributed by atoms with Gasteiger partial charge in [0.2, 0.25) is 5.91 Å². The van der Waals surface area contributed by atoms with E-state index < -0.39 is 18.0 Å². The minimum atomic E-state index is -2.90. The minimum absolute atomic E-state index is 0.0751. The second kappa shape index (κ2) is 10.6. The van der Waals surface area contributed by atoms with Crippen LogP contribution in [-0.2, 0) is 17.9 Å². The predicted octanol–water partition coefficient (Wildman–Crippen LogP) is 3.87. The lowest BCUT2D eigenvalue weighted by molar-refractivity contribution is -0.132. The molecule has 1 aromatic heterocycles. The average molecular weight is 597 g/mol. The molecule has 3 saturated heterocycles. The van der Waals surface area contributed by atoms with E-state index in [-0.39, 0.29) is 49.6 Å². The largest absolute Gasteiger partial charge is 0.356 e. The van der Waals surface area contributed by atoms with Crippen LogP contribution in [0.1, 0.15) is 58.8 Å². The number of halogens is 3. The second-order valence-corrected chi connectivity index (χ2v) is 11.9. The lowest BCUT2D eigenvalue weighted by Gasteiger charge is -2.45. The van der Waals surface area contributed by atoms with Crippen LogP contribution in [0.15, 0.2) is 40.9 Å². The number of fused-ring (bicyclic) bond motifs is 2. The van der Waals surface area contributed by atoms with Gasteiger partial charge in [0.25, 0.3) is 11.8 Å². The van der Waals surface area contributed by atoms with E-state index in [9.17, 15) is 18.8 Å². The van der Waals surface area contributed by atoms with E-state index in [1.165, 1.54) is 22.2 Å². The molecule has 3 aromatic rings. The average Bonchev–Trinajstić information content (AvgIpc) is 3.53. The summed E-state index contributed by atoms with van der Waals surface area (Å²) in [6, 6.07) is 8.18. The highest BCUT2D eigenvalue weighted by molar-refractivity contribution is 6.01. The number of hydrazine groups is 1. The monoisotopic (exact) mass is 596 g/mol. The van der Waals surface area contributed by atoms with Crippen LogP contribution in [0, 0.1) is 5.82 Å². The number of nitrogens with one attached hydrogen (secondary N) is 1. The van der Waals surface area contributed by atoms with Gasteiger partial charge in [0.1, 0.15) is 5.82 Å². The highest BCUT2D eigenvalue weighted by Crippen LogP contribution is 2.38. The maximum atomic E-state index is 15.6. The number of amides is 4. The molecule has 226 valence electrons. The Morgan fingerprint density at radius 2 is 1.79 bits per heavy atom. The second-order valence-electron chi connectivity index (χ2n) is 11.9. The molecule has 0 radical (unpaired) electrons. The normalized spacial score (nSPS) is 23.7. The molecule has 0 saturated carbocycles. The van der Waals surface area contributed by atoms with E-state index in [0.29, 0.717) is 56.6 Å². The number of hydrogen-bond donors (Lipinski definition) is 1. The summed E-state index contributed by atoms with van der Waals surface area (Å²) in [5.41, 5.74) is 3.18. The molecule has 1 atom stereocenters. The van der Waals surface area contributed by atoms with Gasteiger partial charge in [-0.1, -0.05) is 17.3 Å². The fraction of sp³-hybridized carbons (Fsp3) is 0.467. The number of piperidine rings is 2. The van der Waals surface area contributed by atoms with Gasteiger partial charge in [0.05, 0.1) is 31.4 Å². The van der Waals surface area contributed by atoms with Crippen LogP contribution >= 0.6 is 0 Å². The van der Waals surface area contributed by atoms with Gasteiger partial charge < -0.3 is 4.52 Å². The molecule has 0 spiro atoms. The first kappa shape index (κ1) is 27.8. The molecule has 43 heavy (non-hydrogen) atoms. The number of likely N-dealkylation sites (tertiary alicyclic amines) is 2. The number of urea groups is 1. The van der Waals surface area contributed by atoms with Gasteiger partial charge in [-0.25, -0.2) is 28.0 Å². The summed E-state index contributed by atoms with van der Waals surface area (Å²) in [6.07, 6.45) is 1.80. The van der Waals surface area contributed by atoms with Gasteiger partial charge in [0, 0.05) is 42.4 Å². The summed E-state index contributed by atoms with van der Waals surface area (Å²) < 4.78 is 49.9. The lowest BCUT2D eigenvalue weighted by Crippen LogP contribution is -2.59. The van der Waals surface area contributed by atoms with Gasteiger partial charge in [-0.3, -0.25) is 24.7 Å². The zero-order valence-corrected chi connectivity index (χ0v) is 23.4. The number of rotatable bonds is 5. The summed E-state index contributed by atoms with van der Waals surface area (Å²) in [5, 5.41) is 9.73. The molecule has 4 aliphatic heterocycles. The van der Waals surface area contributed by atoms with Crippen molar-refractivity contribution < 1.29 is 32.1 Å². The third kappa shape index (κ3) is 5.14. The third-order valence-electron chi connectivity index (χ3n) is 9.14. The molecular formula is C30H31F3N6O4. The van der Waals surface area contributed by atoms with Crippen molar-refractivity contribution in [3.05, 3.63) is 64.6 Å². The Hall–Kier alpha value is -3.97. The third-order valence-corrected chi connectivity index (χ3v) is 9.14. The Morgan fingerprint density at radius 1 is 0.977 bits per heavy atom. The number of carbonyl (C=O) groups excluding carboxylic acids is 3. The van der Waals surface area contributed by atoms with Crippen molar-refractivity contribution in [2.75, 3.05) is 32.7 Å². The number of benzene rings is 2. The Balaban J connectivity index is 0.959. The summed E-state index contributed by atoms with van der Waals surface area (Å²) in [5.74, 6) is -3.92. The molecule has 4 aliphatic rings. The van der Waals surface area contributed by atoms with Crippen molar-refractivity contribution in [3.8, 4) is 0 Å². The van der Waals surface area contributed by atoms with E-state index in [4.69, 9.17) is 4.52 Å². The summed E-state index contributed by atoms with van der Waals surface area (Å²) in [6.45, 7) is 1.84. The smallest absolute Gasteiger partial charge is 0.342 e. The standard InChI is InChI=1S/C30H31F3N6O4/c31-21-2-4-23-24(14-21)43-35-27(23)19-5-10-37(11-6-19)25-7-9-36(17-30(25,32)33)15-18-1-3-22-20(13-18)16-39(28(22)41)38-12-8-26(40)34-29(38)42/h1-4,13-14,19,25H,5-12,15-17H2,(H,34,40,42). The van der Waals surface area contributed by atoms with Crippen LogP contribution in [0.2, 0.25) is 0 Å². The maximum absolute atomic E-state index is 15.6. The molecule has 0 bridgehead atoms. The molecule has 7 rings (SSSR count). The molecule has 1 unspecified atom stereocenters. The quantitative estimate of drug-likeness (QED) is 0.477. The summed E-state index contributed by atoms with van der Waals surface area (Å²) >= 11 is 0. The first-order valence-corrected chi connectivity index (χ1v) is 14.6. The topological polar surface area (TPSA) is 102 Å². The Kier molecular flexibility index (Phi) is 6.88. The Bertz CT molecular complexity index is 1600. The van der Waals surface area contributed by atoms with Gasteiger partial charge >= 0.3 is 6.03 Å². The molecule has 5 heterocycles. The van der Waals surface area contributed by atoms with Crippen LogP contribution in [0.4, 0.5) is 18.0 Å². The molecular weight excluding hydrogens is 565 g/mol. The zero-order valence-electron chi connectivity index (χ0n) is 23.4. The van der Waals surface area contributed by atoms with Crippen LogP contribution in [0.25, 0.3) is 11.0 Å². The number of carbonyl (C=O) groups is 3. The maximum Gasteiger partial charge on any atom is 0.342 e. The highest BCUT2D eigenvalue weighted by atomic mass is 19.3. The molecule has 13 heteroatoms. The molecule has 10 nitrogen and oxygen atoms in total. The van der Waals surface area contributed by atoms with Crippen molar-refractivity contribution >= 4 is 28.8 Å². The van der Waals surface area contributed by atoms with E-state index in [2.05, 4.69) is 10.5 Å². The van der Waals surface area contributed by atoms with E-state index in [1.54, 1.807) is 23.1 Å². The number of nitrogens with zero attached hydrogens (tertiary/aromatic N) is 5. The van der Waals surface area contributed by atoms with Gasteiger partial charge in [-0.05, 0) is 61.7 Å². The van der Waals surface area contributed by atoms with Crippen LogP contribution in [0.3, 0.4) is 0 Å². The van der Waals surface area contributed by atoms with Crippen molar-refractivity contribution in [2.45, 2.75) is 56.7 Å². The van der Waals surface area contributed by atoms with Crippen molar-refractivity contribution in [1.82, 2.24) is 30.3 Å². The van der Waals surface area contributed by atoms with E-state index >= 15 is 8.78 Å². The van der Waals surface area contributed by atoms with Gasteiger partial charge in [-0.2, -0.15) is 0 Å². The minimum Gasteiger partial charge on any atom is -0.356 e. The number of imide groups is 1. The molecule has 4 amide bonds. The van der Waals surface area contributed by atoms with E-state index in [0.717, 1.165) is 22.2 Å². The van der Waals surface area contributed by atoms with Crippen LogP contribution in [-0.4, -0.2) is 87.5 Å². The molecule has 3 fully saturated rings. The van der Waals surface area contributed by atoms with Crippen LogP contribution < -0.4 is 5.32 Å². The number of hydrogen-bond acceptors (Lipinski definition) is 7. The molecule has 0 aliphatic carbocycles.